The van der Waals surface area contributed by atoms with Crippen LogP contribution in [-0.4, -0.2) is 24.2 Å². The van der Waals surface area contributed by atoms with Crippen molar-refractivity contribution in [2.45, 2.75) is 41.0 Å². The fourth-order valence-corrected chi connectivity index (χ4v) is 2.21. The first kappa shape index (κ1) is 14.7. The van der Waals surface area contributed by atoms with Gasteiger partial charge in [-0.3, -0.25) is 4.79 Å². The highest BCUT2D eigenvalue weighted by Crippen LogP contribution is 2.25. The third kappa shape index (κ3) is 2.72. The van der Waals surface area contributed by atoms with E-state index in [0.29, 0.717) is 13.0 Å². The summed E-state index contributed by atoms with van der Waals surface area (Å²) in [5, 5.41) is 11.6. The summed E-state index contributed by atoms with van der Waals surface area (Å²) in [6, 6.07) is 0. The van der Waals surface area contributed by atoms with Gasteiger partial charge in [0.05, 0.1) is 0 Å². The van der Waals surface area contributed by atoms with Gasteiger partial charge in [-0.25, -0.2) is 0 Å². The van der Waals surface area contributed by atoms with E-state index in [4.69, 9.17) is 5.11 Å². The molecule has 0 fully saturated rings. The highest BCUT2D eigenvalue weighted by Gasteiger charge is 2.17. The van der Waals surface area contributed by atoms with Gasteiger partial charge >= 0.3 is 0 Å². The zero-order valence-corrected chi connectivity index (χ0v) is 12.0. The summed E-state index contributed by atoms with van der Waals surface area (Å²) in [5.41, 5.74) is 6.52. The summed E-state index contributed by atoms with van der Waals surface area (Å²) in [5.74, 6) is -0.0374. The molecule has 0 saturated heterocycles. The third-order valence-corrected chi connectivity index (χ3v) is 3.85. The zero-order chi connectivity index (χ0) is 13.9. The molecule has 0 aliphatic carbocycles. The fourth-order valence-electron chi connectivity index (χ4n) is 2.21. The van der Waals surface area contributed by atoms with E-state index in [9.17, 15) is 4.79 Å². The van der Waals surface area contributed by atoms with Crippen molar-refractivity contribution in [3.63, 3.8) is 0 Å². The molecule has 2 N–H and O–H groups in total. The van der Waals surface area contributed by atoms with Crippen molar-refractivity contribution in [3.05, 3.63) is 33.4 Å². The number of amides is 1. The summed E-state index contributed by atoms with van der Waals surface area (Å²) >= 11 is 0. The van der Waals surface area contributed by atoms with Crippen molar-refractivity contribution >= 4 is 5.91 Å². The summed E-state index contributed by atoms with van der Waals surface area (Å²) < 4.78 is 0. The van der Waals surface area contributed by atoms with E-state index in [0.717, 1.165) is 16.7 Å². The van der Waals surface area contributed by atoms with Gasteiger partial charge in [0.25, 0.3) is 5.91 Å². The lowest BCUT2D eigenvalue weighted by Gasteiger charge is -2.18. The van der Waals surface area contributed by atoms with Gasteiger partial charge in [0.1, 0.15) is 0 Å². The standard InChI is InChI=1S/C15H23NO2/c1-9-10(2)12(4)14(13(5)11(9)3)15(18)16-7-6-8-17/h17H,6-8H2,1-5H3,(H,16,18). The van der Waals surface area contributed by atoms with Crippen LogP contribution < -0.4 is 5.32 Å². The average molecular weight is 249 g/mol. The van der Waals surface area contributed by atoms with E-state index in [2.05, 4.69) is 26.1 Å². The molecule has 0 saturated carbocycles. The molecular formula is C15H23NO2. The number of hydrogen-bond acceptors (Lipinski definition) is 2. The molecule has 3 nitrogen and oxygen atoms in total. The van der Waals surface area contributed by atoms with Crippen LogP contribution in [0, 0.1) is 34.6 Å². The largest absolute Gasteiger partial charge is 0.396 e. The topological polar surface area (TPSA) is 49.3 Å². The van der Waals surface area contributed by atoms with Crippen molar-refractivity contribution in [1.29, 1.82) is 0 Å². The number of hydrogen-bond donors (Lipinski definition) is 2. The van der Waals surface area contributed by atoms with Crippen LogP contribution in [0.5, 0.6) is 0 Å². The minimum atomic E-state index is -0.0374. The van der Waals surface area contributed by atoms with Crippen molar-refractivity contribution in [3.8, 4) is 0 Å². The molecule has 0 bridgehead atoms. The third-order valence-electron chi connectivity index (χ3n) is 3.85. The van der Waals surface area contributed by atoms with Crippen LogP contribution in [0.4, 0.5) is 0 Å². The van der Waals surface area contributed by atoms with Crippen molar-refractivity contribution < 1.29 is 9.90 Å². The molecule has 18 heavy (non-hydrogen) atoms. The monoisotopic (exact) mass is 249 g/mol. The van der Waals surface area contributed by atoms with E-state index in [1.54, 1.807) is 0 Å². The molecule has 0 radical (unpaired) electrons. The molecule has 0 unspecified atom stereocenters. The van der Waals surface area contributed by atoms with E-state index < -0.39 is 0 Å². The van der Waals surface area contributed by atoms with E-state index in [1.165, 1.54) is 16.7 Å². The van der Waals surface area contributed by atoms with Gasteiger partial charge in [0.15, 0.2) is 0 Å². The van der Waals surface area contributed by atoms with Gasteiger partial charge in [0, 0.05) is 18.7 Å². The second-order valence-corrected chi connectivity index (χ2v) is 4.83. The van der Waals surface area contributed by atoms with Gasteiger partial charge in [-0.1, -0.05) is 0 Å². The molecule has 0 heterocycles. The Kier molecular flexibility index (Phi) is 4.91. The Labute approximate surface area is 109 Å². The van der Waals surface area contributed by atoms with Crippen LogP contribution >= 0.6 is 0 Å². The van der Waals surface area contributed by atoms with Gasteiger partial charge in [-0.05, 0) is 68.9 Å². The average Bonchev–Trinajstić information content (AvgIpc) is 2.34. The Morgan fingerprint density at radius 2 is 1.39 bits per heavy atom. The Morgan fingerprint density at radius 1 is 0.944 bits per heavy atom. The van der Waals surface area contributed by atoms with Crippen molar-refractivity contribution in [2.24, 2.45) is 0 Å². The molecule has 1 rings (SSSR count). The molecule has 100 valence electrons. The molecule has 0 atom stereocenters. The van der Waals surface area contributed by atoms with Crippen molar-refractivity contribution in [1.82, 2.24) is 5.32 Å². The summed E-state index contributed by atoms with van der Waals surface area (Å²) in [7, 11) is 0. The molecule has 1 aromatic carbocycles. The summed E-state index contributed by atoms with van der Waals surface area (Å²) in [6.07, 6.45) is 0.591. The maximum atomic E-state index is 12.2. The maximum Gasteiger partial charge on any atom is 0.251 e. The SMILES string of the molecule is Cc1c(C)c(C)c(C(=O)NCCCO)c(C)c1C. The first-order valence-electron chi connectivity index (χ1n) is 6.37. The second-order valence-electron chi connectivity index (χ2n) is 4.83. The predicted molar refractivity (Wildman–Crippen MR) is 74.2 cm³/mol. The van der Waals surface area contributed by atoms with Crippen molar-refractivity contribution in [2.75, 3.05) is 13.2 Å². The lowest BCUT2D eigenvalue weighted by molar-refractivity contribution is 0.0949. The Balaban J connectivity index is 3.13. The maximum absolute atomic E-state index is 12.2. The van der Waals surface area contributed by atoms with Crippen LogP contribution in [0.25, 0.3) is 0 Å². The van der Waals surface area contributed by atoms with Gasteiger partial charge in [0.2, 0.25) is 0 Å². The number of carbonyl (C=O) groups is 1. The molecule has 0 aliphatic rings. The predicted octanol–water partition coefficient (Wildman–Crippen LogP) is 2.34. The van der Waals surface area contributed by atoms with E-state index in [-0.39, 0.29) is 12.5 Å². The summed E-state index contributed by atoms with van der Waals surface area (Å²) in [4.78, 5) is 12.2. The fraction of sp³-hybridized carbons (Fsp3) is 0.533. The number of nitrogens with one attached hydrogen (secondary N) is 1. The number of aliphatic hydroxyl groups is 1. The minimum Gasteiger partial charge on any atom is -0.396 e. The van der Waals surface area contributed by atoms with E-state index in [1.807, 2.05) is 13.8 Å². The highest BCUT2D eigenvalue weighted by molar-refractivity contribution is 5.98. The minimum absolute atomic E-state index is 0.0374. The number of carbonyl (C=O) groups excluding carboxylic acids is 1. The van der Waals surface area contributed by atoms with Crippen LogP contribution in [-0.2, 0) is 0 Å². The normalized spacial score (nSPS) is 10.6. The first-order valence-corrected chi connectivity index (χ1v) is 6.37. The summed E-state index contributed by atoms with van der Waals surface area (Å²) in [6.45, 7) is 10.8. The zero-order valence-electron chi connectivity index (χ0n) is 12.0. The highest BCUT2D eigenvalue weighted by atomic mass is 16.3. The Morgan fingerprint density at radius 3 is 1.83 bits per heavy atom. The molecule has 1 amide bonds. The van der Waals surface area contributed by atoms with E-state index >= 15 is 0 Å². The van der Waals surface area contributed by atoms with Gasteiger partial charge < -0.3 is 10.4 Å². The van der Waals surface area contributed by atoms with Gasteiger partial charge in [-0.15, -0.1) is 0 Å². The smallest absolute Gasteiger partial charge is 0.251 e. The quantitative estimate of drug-likeness (QED) is 0.805. The number of rotatable bonds is 4. The van der Waals surface area contributed by atoms with Crippen LogP contribution in [0.15, 0.2) is 0 Å². The Hall–Kier alpha value is -1.35. The number of aliphatic hydroxyl groups excluding tert-OH is 1. The Bertz CT molecular complexity index is 435. The first-order chi connectivity index (χ1) is 8.41. The van der Waals surface area contributed by atoms with Crippen LogP contribution in [0.1, 0.15) is 44.6 Å². The molecule has 3 heteroatoms. The number of benzene rings is 1. The van der Waals surface area contributed by atoms with Crippen LogP contribution in [0.3, 0.4) is 0 Å². The molecule has 0 aliphatic heterocycles. The molecule has 0 aromatic heterocycles. The van der Waals surface area contributed by atoms with Gasteiger partial charge in [-0.2, -0.15) is 0 Å². The second kappa shape index (κ2) is 6.01. The lowest BCUT2D eigenvalue weighted by Crippen LogP contribution is -2.27. The molecule has 1 aromatic rings. The molecular weight excluding hydrogens is 226 g/mol. The van der Waals surface area contributed by atoms with Crippen LogP contribution in [0.2, 0.25) is 0 Å². The lowest BCUT2D eigenvalue weighted by atomic mass is 9.89. The molecule has 0 spiro atoms.